The van der Waals surface area contributed by atoms with Crippen LogP contribution in [-0.2, 0) is 19.6 Å². The lowest BCUT2D eigenvalue weighted by Gasteiger charge is -2.32. The van der Waals surface area contributed by atoms with Crippen LogP contribution in [0.2, 0.25) is 0 Å². The minimum atomic E-state index is 0. The summed E-state index contributed by atoms with van der Waals surface area (Å²) in [6, 6.07) is 8.91. The van der Waals surface area contributed by atoms with Crippen LogP contribution in [0.5, 0.6) is 0 Å². The second kappa shape index (κ2) is 12.6. The highest BCUT2D eigenvalue weighted by molar-refractivity contribution is 14.0. The molecular formula is C22H35IN6S. The smallest absolute Gasteiger partial charge is 0.191 e. The van der Waals surface area contributed by atoms with E-state index in [4.69, 9.17) is 0 Å². The Labute approximate surface area is 202 Å². The van der Waals surface area contributed by atoms with E-state index in [1.165, 1.54) is 11.1 Å². The van der Waals surface area contributed by atoms with E-state index in [-0.39, 0.29) is 24.0 Å². The molecule has 2 heterocycles. The van der Waals surface area contributed by atoms with Gasteiger partial charge in [0.05, 0.1) is 12.2 Å². The quantitative estimate of drug-likeness (QED) is 0.319. The van der Waals surface area contributed by atoms with E-state index in [9.17, 15) is 0 Å². The minimum Gasteiger partial charge on any atom is -0.352 e. The largest absolute Gasteiger partial charge is 0.352 e. The number of guanidine groups is 1. The van der Waals surface area contributed by atoms with Crippen molar-refractivity contribution in [2.24, 2.45) is 4.99 Å². The molecule has 1 saturated heterocycles. The van der Waals surface area contributed by atoms with E-state index in [1.54, 1.807) is 18.4 Å². The fourth-order valence-corrected chi connectivity index (χ4v) is 4.16. The van der Waals surface area contributed by atoms with Crippen molar-refractivity contribution in [2.45, 2.75) is 39.4 Å². The van der Waals surface area contributed by atoms with Crippen LogP contribution in [0.3, 0.4) is 0 Å². The van der Waals surface area contributed by atoms with Gasteiger partial charge in [0.25, 0.3) is 0 Å². The van der Waals surface area contributed by atoms with Crippen molar-refractivity contribution in [1.29, 1.82) is 0 Å². The molecule has 30 heavy (non-hydrogen) atoms. The first-order chi connectivity index (χ1) is 14.0. The molecule has 0 unspecified atom stereocenters. The molecule has 0 bridgehead atoms. The summed E-state index contributed by atoms with van der Waals surface area (Å²) < 4.78 is 0. The molecule has 2 aromatic rings. The Morgan fingerprint density at radius 2 is 1.70 bits per heavy atom. The van der Waals surface area contributed by atoms with Crippen LogP contribution < -0.4 is 10.6 Å². The zero-order chi connectivity index (χ0) is 20.6. The van der Waals surface area contributed by atoms with Crippen LogP contribution in [0.25, 0.3) is 0 Å². The average molecular weight is 543 g/mol. The van der Waals surface area contributed by atoms with Crippen molar-refractivity contribution < 1.29 is 0 Å². The summed E-state index contributed by atoms with van der Waals surface area (Å²) in [6.45, 7) is 11.5. The van der Waals surface area contributed by atoms with Crippen molar-refractivity contribution in [3.8, 4) is 0 Å². The Kier molecular flexibility index (Phi) is 10.5. The Balaban J connectivity index is 0.00000320. The van der Waals surface area contributed by atoms with E-state index >= 15 is 0 Å². The first-order valence-electron chi connectivity index (χ1n) is 10.4. The van der Waals surface area contributed by atoms with Crippen molar-refractivity contribution in [3.63, 3.8) is 0 Å². The van der Waals surface area contributed by atoms with Gasteiger partial charge in [-0.2, -0.15) is 0 Å². The molecule has 0 saturated carbocycles. The third kappa shape index (κ3) is 7.79. The number of nitrogens with zero attached hydrogens (tertiary/aromatic N) is 4. The van der Waals surface area contributed by atoms with E-state index in [2.05, 4.69) is 81.0 Å². The van der Waals surface area contributed by atoms with Gasteiger partial charge in [-0.3, -0.25) is 9.89 Å². The summed E-state index contributed by atoms with van der Waals surface area (Å²) in [6.07, 6.45) is 0. The summed E-state index contributed by atoms with van der Waals surface area (Å²) >= 11 is 1.70. The molecule has 8 heteroatoms. The van der Waals surface area contributed by atoms with Crippen LogP contribution in [0.4, 0.5) is 0 Å². The molecule has 2 N–H and O–H groups in total. The van der Waals surface area contributed by atoms with Gasteiger partial charge < -0.3 is 15.5 Å². The monoisotopic (exact) mass is 542 g/mol. The first-order valence-corrected chi connectivity index (χ1v) is 11.3. The van der Waals surface area contributed by atoms with Crippen molar-refractivity contribution in [3.05, 3.63) is 51.5 Å². The molecule has 166 valence electrons. The zero-order valence-electron chi connectivity index (χ0n) is 18.5. The second-order valence-corrected chi connectivity index (χ2v) is 8.94. The topological polar surface area (TPSA) is 55.8 Å². The standard InChI is InChI=1S/C22H34N6S.HI/c1-17(2)20-16-29-21(26-20)14-25-22(23-3)24-13-18-5-7-19(8-6-18)15-28-11-9-27(4)10-12-28;/h5-8,16-17H,9-15H2,1-4H3,(H2,23,24,25);1H. The SMILES string of the molecule is CN=C(NCc1ccc(CN2CCN(C)CC2)cc1)NCc1nc(C(C)C)cs1.I. The lowest BCUT2D eigenvalue weighted by Crippen LogP contribution is -2.43. The predicted octanol–water partition coefficient (Wildman–Crippen LogP) is 3.50. The molecule has 0 amide bonds. The van der Waals surface area contributed by atoms with Gasteiger partial charge in [0.2, 0.25) is 0 Å². The third-order valence-electron chi connectivity index (χ3n) is 5.28. The Hall–Kier alpha value is -1.23. The van der Waals surface area contributed by atoms with Crippen LogP contribution in [0, 0.1) is 0 Å². The van der Waals surface area contributed by atoms with Gasteiger partial charge in [-0.15, -0.1) is 35.3 Å². The van der Waals surface area contributed by atoms with Gasteiger partial charge in [-0.05, 0) is 24.1 Å². The number of benzene rings is 1. The number of hydrogen-bond donors (Lipinski definition) is 2. The minimum absolute atomic E-state index is 0. The highest BCUT2D eigenvalue weighted by Crippen LogP contribution is 2.17. The molecule has 1 fully saturated rings. The average Bonchev–Trinajstić information content (AvgIpc) is 3.20. The van der Waals surface area contributed by atoms with Gasteiger partial charge in [-0.1, -0.05) is 38.1 Å². The van der Waals surface area contributed by atoms with E-state index < -0.39 is 0 Å². The summed E-state index contributed by atoms with van der Waals surface area (Å²) in [7, 11) is 4.00. The van der Waals surface area contributed by atoms with Gasteiger partial charge in [0, 0.05) is 51.7 Å². The lowest BCUT2D eigenvalue weighted by atomic mass is 10.1. The number of halogens is 1. The second-order valence-electron chi connectivity index (χ2n) is 8.00. The molecule has 1 aliphatic rings. The molecule has 1 aromatic heterocycles. The number of hydrogen-bond acceptors (Lipinski definition) is 5. The normalized spacial score (nSPS) is 15.8. The summed E-state index contributed by atoms with van der Waals surface area (Å²) in [5.74, 6) is 1.27. The number of nitrogens with one attached hydrogen (secondary N) is 2. The fourth-order valence-electron chi connectivity index (χ4n) is 3.26. The van der Waals surface area contributed by atoms with Crippen LogP contribution in [-0.4, -0.2) is 61.0 Å². The number of piperazine rings is 1. The van der Waals surface area contributed by atoms with Gasteiger partial charge in [0.1, 0.15) is 5.01 Å². The maximum Gasteiger partial charge on any atom is 0.191 e. The first kappa shape index (κ1) is 25.0. The third-order valence-corrected chi connectivity index (χ3v) is 6.14. The molecule has 0 atom stereocenters. The van der Waals surface area contributed by atoms with Crippen LogP contribution in [0.1, 0.15) is 41.6 Å². The highest BCUT2D eigenvalue weighted by Gasteiger charge is 2.13. The summed E-state index contributed by atoms with van der Waals surface area (Å²) in [5.41, 5.74) is 3.79. The van der Waals surface area contributed by atoms with Crippen LogP contribution >= 0.6 is 35.3 Å². The van der Waals surface area contributed by atoms with E-state index in [0.29, 0.717) is 12.5 Å². The Morgan fingerprint density at radius 3 is 2.30 bits per heavy atom. The van der Waals surface area contributed by atoms with Crippen molar-refractivity contribution in [1.82, 2.24) is 25.4 Å². The summed E-state index contributed by atoms with van der Waals surface area (Å²) in [4.78, 5) is 13.9. The Bertz CT molecular complexity index is 781. The maximum atomic E-state index is 4.66. The van der Waals surface area contributed by atoms with Gasteiger partial charge in [0.15, 0.2) is 5.96 Å². The molecule has 0 aliphatic carbocycles. The zero-order valence-corrected chi connectivity index (χ0v) is 21.7. The Morgan fingerprint density at radius 1 is 1.07 bits per heavy atom. The maximum absolute atomic E-state index is 4.66. The molecule has 0 spiro atoms. The predicted molar refractivity (Wildman–Crippen MR) is 138 cm³/mol. The molecule has 3 rings (SSSR count). The number of rotatable bonds is 7. The summed E-state index contributed by atoms with van der Waals surface area (Å²) in [5, 5.41) is 9.97. The fraction of sp³-hybridized carbons (Fsp3) is 0.545. The molecule has 0 radical (unpaired) electrons. The number of aliphatic imine (C=N–C) groups is 1. The van der Waals surface area contributed by atoms with Gasteiger partial charge >= 0.3 is 0 Å². The number of aromatic nitrogens is 1. The van der Waals surface area contributed by atoms with Crippen LogP contribution in [0.15, 0.2) is 34.6 Å². The van der Waals surface area contributed by atoms with E-state index in [1.807, 2.05) is 0 Å². The number of likely N-dealkylation sites (N-methyl/N-ethyl adjacent to an activating group) is 1. The highest BCUT2D eigenvalue weighted by atomic mass is 127. The molecular weight excluding hydrogens is 507 g/mol. The van der Waals surface area contributed by atoms with Gasteiger partial charge in [-0.25, -0.2) is 4.98 Å². The number of thiazole rings is 1. The van der Waals surface area contributed by atoms with Crippen molar-refractivity contribution >= 4 is 41.3 Å². The lowest BCUT2D eigenvalue weighted by molar-refractivity contribution is 0.148. The molecule has 1 aromatic carbocycles. The molecule has 6 nitrogen and oxygen atoms in total. The van der Waals surface area contributed by atoms with E-state index in [0.717, 1.165) is 55.9 Å². The molecule has 1 aliphatic heterocycles. The van der Waals surface area contributed by atoms with Crippen molar-refractivity contribution in [2.75, 3.05) is 40.3 Å².